The van der Waals surface area contributed by atoms with Crippen LogP contribution in [0, 0.1) is 0 Å². The van der Waals surface area contributed by atoms with E-state index in [-0.39, 0.29) is 0 Å². The highest BCUT2D eigenvalue weighted by Gasteiger charge is 2.40. The summed E-state index contributed by atoms with van der Waals surface area (Å²) in [5.41, 5.74) is 0.442. The van der Waals surface area contributed by atoms with Crippen LogP contribution in [0.3, 0.4) is 0 Å². The number of rotatable bonds is 5. The van der Waals surface area contributed by atoms with Gasteiger partial charge in [-0.3, -0.25) is 24.5 Å². The van der Waals surface area contributed by atoms with Crippen LogP contribution in [0.4, 0.5) is 0 Å². The molecule has 0 fully saturated rings. The maximum absolute atomic E-state index is 10.3. The van der Waals surface area contributed by atoms with Crippen LogP contribution in [0.2, 0.25) is 0 Å². The fraction of sp³-hybridized carbons (Fsp3) is 0.0909. The average molecular weight is 580 g/mol. The van der Waals surface area contributed by atoms with Crippen molar-refractivity contribution >= 4 is 50.6 Å². The molecule has 0 radical (unpaired) electrons. The predicted octanol–water partition coefficient (Wildman–Crippen LogP) is 5.46. The molecule has 3 heterocycles. The number of carboxylic acid groups (broad SMARTS) is 3. The number of carboxylic acids is 3. The van der Waals surface area contributed by atoms with Crippen molar-refractivity contribution in [3.63, 3.8) is 0 Å². The number of aliphatic carboxylic acids is 3. The number of hydrogen-bond acceptors (Lipinski definition) is 7. The van der Waals surface area contributed by atoms with Gasteiger partial charge in [-0.25, -0.2) is 4.79 Å². The summed E-state index contributed by atoms with van der Waals surface area (Å²) in [6.45, 7) is 0. The van der Waals surface area contributed by atoms with E-state index in [0.717, 1.165) is 16.6 Å². The molecule has 0 aliphatic carbocycles. The molecule has 0 aliphatic heterocycles. The Bertz CT molecular complexity index is 1430. The first-order valence-electron chi connectivity index (χ1n) is 13.0. The Balaban J connectivity index is 0.000000157. The second-order valence-corrected chi connectivity index (χ2v) is 9.07. The van der Waals surface area contributed by atoms with E-state index in [1.165, 1.54) is 16.2 Å². The highest BCUT2D eigenvalue weighted by Crippen LogP contribution is 2.16. The summed E-state index contributed by atoms with van der Waals surface area (Å²) >= 11 is 0. The van der Waals surface area contributed by atoms with Gasteiger partial charge in [-0.1, -0.05) is 72.8 Å². The molecule has 43 heavy (non-hydrogen) atoms. The van der Waals surface area contributed by atoms with Crippen LogP contribution in [0.15, 0.2) is 128 Å². The third-order valence-electron chi connectivity index (χ3n) is 5.82. The molecule has 0 spiro atoms. The van der Waals surface area contributed by atoms with E-state index in [0.29, 0.717) is 0 Å². The second kappa shape index (κ2) is 15.9. The zero-order chi connectivity index (χ0) is 31.1. The number of benzene rings is 3. The lowest BCUT2D eigenvalue weighted by molar-refractivity contribution is -0.170. The minimum Gasteiger partial charge on any atom is -0.481 e. The average Bonchev–Trinajstić information content (AvgIpc) is 3.01. The zero-order valence-corrected chi connectivity index (χ0v) is 22.9. The van der Waals surface area contributed by atoms with E-state index in [1.807, 2.05) is 91.4 Å². The fourth-order valence-electron chi connectivity index (χ4n) is 3.76. The Morgan fingerprint density at radius 1 is 0.488 bits per heavy atom. The van der Waals surface area contributed by atoms with Crippen LogP contribution in [0.1, 0.15) is 12.8 Å². The monoisotopic (exact) mass is 579 g/mol. The van der Waals surface area contributed by atoms with Gasteiger partial charge in [0.25, 0.3) is 0 Å². The van der Waals surface area contributed by atoms with E-state index >= 15 is 0 Å². The molecule has 218 valence electrons. The van der Waals surface area contributed by atoms with E-state index < -0.39 is 36.4 Å². The molecule has 0 bridgehead atoms. The molecule has 0 amide bonds. The maximum atomic E-state index is 10.3. The zero-order valence-electron chi connectivity index (χ0n) is 22.9. The van der Waals surface area contributed by atoms with E-state index in [9.17, 15) is 14.4 Å². The SMILES string of the molecule is O=C(O)CC(O)(CC(=O)O)C(=O)O.c1ccc2ncccc2c1.c1ccc2ncccc2c1.c1ccc2ncccc2c1. The summed E-state index contributed by atoms with van der Waals surface area (Å²) in [7, 11) is 0. The molecule has 0 atom stereocenters. The van der Waals surface area contributed by atoms with Crippen molar-refractivity contribution in [2.24, 2.45) is 0 Å². The molecule has 6 aromatic rings. The van der Waals surface area contributed by atoms with Gasteiger partial charge in [0.1, 0.15) is 0 Å². The Kier molecular flexibility index (Phi) is 11.7. The summed E-state index contributed by atoms with van der Waals surface area (Å²) in [5, 5.41) is 37.4. The van der Waals surface area contributed by atoms with Gasteiger partial charge in [0.05, 0.1) is 29.4 Å². The molecule has 0 aliphatic rings. The highest BCUT2D eigenvalue weighted by molar-refractivity contribution is 5.88. The van der Waals surface area contributed by atoms with Gasteiger partial charge in [-0.15, -0.1) is 0 Å². The third-order valence-corrected chi connectivity index (χ3v) is 5.82. The number of pyridine rings is 3. The van der Waals surface area contributed by atoms with Crippen molar-refractivity contribution in [1.82, 2.24) is 15.0 Å². The van der Waals surface area contributed by atoms with Gasteiger partial charge < -0.3 is 20.4 Å². The molecule has 0 unspecified atom stereocenters. The second-order valence-electron chi connectivity index (χ2n) is 9.07. The first kappa shape index (κ1) is 31.8. The van der Waals surface area contributed by atoms with Crippen LogP contribution in [0.25, 0.3) is 32.7 Å². The normalized spacial score (nSPS) is 10.3. The van der Waals surface area contributed by atoms with Gasteiger partial charge in [0.2, 0.25) is 0 Å². The number of nitrogens with zero attached hydrogens (tertiary/aromatic N) is 3. The first-order valence-corrected chi connectivity index (χ1v) is 13.0. The molecular formula is C33H29N3O7. The number of aromatic nitrogens is 3. The minimum atomic E-state index is -2.74. The Labute approximate surface area is 246 Å². The predicted molar refractivity (Wildman–Crippen MR) is 162 cm³/mol. The highest BCUT2D eigenvalue weighted by atomic mass is 16.4. The molecule has 4 N–H and O–H groups in total. The van der Waals surface area contributed by atoms with Gasteiger partial charge in [0, 0.05) is 34.7 Å². The molecule has 0 saturated heterocycles. The van der Waals surface area contributed by atoms with Crippen LogP contribution in [-0.4, -0.2) is 58.9 Å². The third kappa shape index (κ3) is 10.3. The van der Waals surface area contributed by atoms with Crippen LogP contribution < -0.4 is 0 Å². The molecule has 0 saturated carbocycles. The topological polar surface area (TPSA) is 171 Å². The summed E-state index contributed by atoms with van der Waals surface area (Å²) in [6.07, 6.45) is 3.14. The van der Waals surface area contributed by atoms with E-state index in [2.05, 4.69) is 51.4 Å². The van der Waals surface area contributed by atoms with Gasteiger partial charge in [-0.2, -0.15) is 0 Å². The lowest BCUT2D eigenvalue weighted by Crippen LogP contribution is -2.42. The summed E-state index contributed by atoms with van der Waals surface area (Å²) in [5.74, 6) is -5.02. The molecule has 10 nitrogen and oxygen atoms in total. The molecule has 6 rings (SSSR count). The van der Waals surface area contributed by atoms with Crippen LogP contribution >= 0.6 is 0 Å². The minimum absolute atomic E-state index is 1.06. The first-order chi connectivity index (χ1) is 20.7. The van der Waals surface area contributed by atoms with Crippen LogP contribution in [0.5, 0.6) is 0 Å². The maximum Gasteiger partial charge on any atom is 0.336 e. The molecule has 10 heteroatoms. The number of para-hydroxylation sites is 3. The van der Waals surface area contributed by atoms with Crippen molar-refractivity contribution in [3.8, 4) is 0 Å². The van der Waals surface area contributed by atoms with E-state index in [4.69, 9.17) is 20.4 Å². The Morgan fingerprint density at radius 2 is 0.767 bits per heavy atom. The lowest BCUT2D eigenvalue weighted by Gasteiger charge is -2.18. The summed E-state index contributed by atoms with van der Waals surface area (Å²) < 4.78 is 0. The standard InChI is InChI=1S/3C9H7N.C6H8O7/c3*1-2-6-9-8(4-1)5-3-7-10-9;7-3(8)1-6(13,5(11)12)2-4(9)10/h3*1-7H;13H,1-2H2,(H,7,8)(H,9,10)(H,11,12). The van der Waals surface area contributed by atoms with Crippen molar-refractivity contribution in [3.05, 3.63) is 128 Å². The van der Waals surface area contributed by atoms with Crippen molar-refractivity contribution < 1.29 is 34.8 Å². The number of hydrogen-bond donors (Lipinski definition) is 4. The molecule has 3 aromatic heterocycles. The summed E-state index contributed by atoms with van der Waals surface area (Å²) in [4.78, 5) is 43.0. The smallest absolute Gasteiger partial charge is 0.336 e. The van der Waals surface area contributed by atoms with Gasteiger partial charge in [-0.05, 0) is 36.4 Å². The van der Waals surface area contributed by atoms with Crippen molar-refractivity contribution in [2.45, 2.75) is 18.4 Å². The molecule has 3 aromatic carbocycles. The van der Waals surface area contributed by atoms with E-state index in [1.54, 1.807) is 0 Å². The van der Waals surface area contributed by atoms with Crippen molar-refractivity contribution in [2.75, 3.05) is 0 Å². The quantitative estimate of drug-likeness (QED) is 0.206. The van der Waals surface area contributed by atoms with Crippen LogP contribution in [-0.2, 0) is 14.4 Å². The lowest BCUT2D eigenvalue weighted by atomic mass is 9.96. The number of carbonyl (C=O) groups is 3. The Hall–Kier alpha value is -5.74. The number of fused-ring (bicyclic) bond motifs is 3. The fourth-order valence-corrected chi connectivity index (χ4v) is 3.76. The van der Waals surface area contributed by atoms with Crippen molar-refractivity contribution in [1.29, 1.82) is 0 Å². The Morgan fingerprint density at radius 3 is 1.02 bits per heavy atom. The van der Waals surface area contributed by atoms with Gasteiger partial charge in [0.15, 0.2) is 5.60 Å². The summed E-state index contributed by atoms with van der Waals surface area (Å²) in [6, 6.07) is 36.3. The van der Waals surface area contributed by atoms with Gasteiger partial charge >= 0.3 is 17.9 Å². The number of aliphatic hydroxyl groups is 1. The largest absolute Gasteiger partial charge is 0.481 e. The molecular weight excluding hydrogens is 550 g/mol.